The summed E-state index contributed by atoms with van der Waals surface area (Å²) < 4.78 is 17.7. The van der Waals surface area contributed by atoms with E-state index in [0.29, 0.717) is 29.5 Å². The summed E-state index contributed by atoms with van der Waals surface area (Å²) in [5, 5.41) is 2.36. The molecule has 1 aliphatic heterocycles. The van der Waals surface area contributed by atoms with E-state index >= 15 is 0 Å². The number of fused-ring (bicyclic) bond motifs is 4. The van der Waals surface area contributed by atoms with Crippen molar-refractivity contribution in [1.82, 2.24) is 0 Å². The lowest BCUT2D eigenvalue weighted by Gasteiger charge is -2.34. The molecule has 0 aliphatic carbocycles. The highest BCUT2D eigenvalue weighted by atomic mass is 16.5. The maximum atomic E-state index is 6.63. The number of methoxy groups -OCH3 is 2. The van der Waals surface area contributed by atoms with Gasteiger partial charge >= 0.3 is 0 Å². The fourth-order valence-electron chi connectivity index (χ4n) is 3.93. The van der Waals surface area contributed by atoms with Crippen molar-refractivity contribution >= 4 is 28.4 Å². The zero-order chi connectivity index (χ0) is 20.6. The van der Waals surface area contributed by atoms with Crippen molar-refractivity contribution in [2.24, 2.45) is 4.99 Å². The molecule has 0 spiro atoms. The van der Waals surface area contributed by atoms with Crippen LogP contribution in [0.2, 0.25) is 0 Å². The Hall–Kier alpha value is -3.21. The highest BCUT2D eigenvalue weighted by Gasteiger charge is 2.31. The van der Waals surface area contributed by atoms with Crippen LogP contribution in [0.4, 0.5) is 11.4 Å². The van der Waals surface area contributed by atoms with Crippen LogP contribution < -0.4 is 19.1 Å². The van der Waals surface area contributed by atoms with Crippen LogP contribution >= 0.6 is 0 Å². The van der Waals surface area contributed by atoms with Crippen LogP contribution in [0.1, 0.15) is 19.4 Å². The quantitative estimate of drug-likeness (QED) is 0.594. The molecule has 0 fully saturated rings. The monoisotopic (exact) mass is 390 g/mol. The van der Waals surface area contributed by atoms with Gasteiger partial charge in [0.15, 0.2) is 11.5 Å². The van der Waals surface area contributed by atoms with E-state index in [1.165, 1.54) is 10.8 Å². The SMILES string of the molecule is COc1cc(OC)c2c(c1)OC(C)(C)c1c(ccc3ccccc13)N(C)CC=N2. The van der Waals surface area contributed by atoms with E-state index in [1.807, 2.05) is 18.3 Å². The first-order chi connectivity index (χ1) is 13.9. The first-order valence-corrected chi connectivity index (χ1v) is 9.65. The Morgan fingerprint density at radius 1 is 1.03 bits per heavy atom. The standard InChI is InChI=1S/C24H26N2O3/c1-24(2)22-18-9-7-6-8-16(18)10-11-19(22)26(3)13-12-25-23-20(28-5)14-17(27-4)15-21(23)29-24/h6-12,14-15H,13H2,1-5H3. The molecule has 0 radical (unpaired) electrons. The molecule has 1 heterocycles. The number of hydrogen-bond acceptors (Lipinski definition) is 5. The Morgan fingerprint density at radius 2 is 1.83 bits per heavy atom. The summed E-state index contributed by atoms with van der Waals surface area (Å²) in [6.45, 7) is 4.84. The molecule has 0 unspecified atom stereocenters. The van der Waals surface area contributed by atoms with E-state index < -0.39 is 5.60 Å². The van der Waals surface area contributed by atoms with E-state index in [9.17, 15) is 0 Å². The maximum Gasteiger partial charge on any atom is 0.153 e. The average molecular weight is 390 g/mol. The van der Waals surface area contributed by atoms with Gasteiger partial charge in [-0.1, -0.05) is 30.3 Å². The van der Waals surface area contributed by atoms with Crippen molar-refractivity contribution in [3.05, 3.63) is 54.1 Å². The summed E-state index contributed by atoms with van der Waals surface area (Å²) in [6.07, 6.45) is 1.88. The molecular weight excluding hydrogens is 364 g/mol. The van der Waals surface area contributed by atoms with E-state index in [0.717, 1.165) is 11.3 Å². The summed E-state index contributed by atoms with van der Waals surface area (Å²) in [5.41, 5.74) is 2.31. The van der Waals surface area contributed by atoms with Crippen molar-refractivity contribution < 1.29 is 14.2 Å². The zero-order valence-corrected chi connectivity index (χ0v) is 17.5. The molecule has 29 heavy (non-hydrogen) atoms. The van der Waals surface area contributed by atoms with Crippen LogP contribution in [0.3, 0.4) is 0 Å². The Kier molecular flexibility index (Phi) is 4.82. The van der Waals surface area contributed by atoms with E-state index in [4.69, 9.17) is 14.2 Å². The van der Waals surface area contributed by atoms with Crippen molar-refractivity contribution in [2.45, 2.75) is 19.4 Å². The van der Waals surface area contributed by atoms with Gasteiger partial charge in [-0.15, -0.1) is 0 Å². The molecule has 0 aromatic heterocycles. The first kappa shape index (κ1) is 19.1. The largest absolute Gasteiger partial charge is 0.496 e. The lowest BCUT2D eigenvalue weighted by molar-refractivity contribution is 0.111. The number of nitrogens with zero attached hydrogens (tertiary/aromatic N) is 2. The molecule has 3 aromatic rings. The number of rotatable bonds is 2. The maximum absolute atomic E-state index is 6.63. The minimum absolute atomic E-state index is 0.618. The molecule has 150 valence electrons. The van der Waals surface area contributed by atoms with Crippen LogP contribution in [0.15, 0.2) is 53.5 Å². The first-order valence-electron chi connectivity index (χ1n) is 9.65. The van der Waals surface area contributed by atoms with Gasteiger partial charge in [0, 0.05) is 36.6 Å². The summed E-state index contributed by atoms with van der Waals surface area (Å²) in [6, 6.07) is 16.4. The summed E-state index contributed by atoms with van der Waals surface area (Å²) >= 11 is 0. The molecule has 0 amide bonds. The molecule has 0 saturated heterocycles. The van der Waals surface area contributed by atoms with E-state index in [-0.39, 0.29) is 0 Å². The van der Waals surface area contributed by atoms with Crippen LogP contribution in [-0.2, 0) is 5.60 Å². The summed E-state index contributed by atoms with van der Waals surface area (Å²) in [4.78, 5) is 6.87. The summed E-state index contributed by atoms with van der Waals surface area (Å²) in [7, 11) is 5.33. The second-order valence-corrected chi connectivity index (χ2v) is 7.66. The molecule has 0 saturated carbocycles. The van der Waals surface area contributed by atoms with Gasteiger partial charge in [0.1, 0.15) is 17.0 Å². The third-order valence-electron chi connectivity index (χ3n) is 5.33. The van der Waals surface area contributed by atoms with Crippen molar-refractivity contribution in [3.63, 3.8) is 0 Å². The minimum atomic E-state index is -0.622. The summed E-state index contributed by atoms with van der Waals surface area (Å²) in [5.74, 6) is 1.91. The van der Waals surface area contributed by atoms with Gasteiger partial charge in [-0.2, -0.15) is 0 Å². The molecule has 0 atom stereocenters. The molecule has 5 nitrogen and oxygen atoms in total. The van der Waals surface area contributed by atoms with Crippen LogP contribution in [0.25, 0.3) is 10.8 Å². The smallest absolute Gasteiger partial charge is 0.153 e. The van der Waals surface area contributed by atoms with Crippen LogP contribution in [0, 0.1) is 0 Å². The van der Waals surface area contributed by atoms with Crippen molar-refractivity contribution in [3.8, 4) is 17.2 Å². The minimum Gasteiger partial charge on any atom is -0.496 e. The molecule has 4 rings (SSSR count). The third kappa shape index (κ3) is 3.37. The number of anilines is 1. The molecule has 5 heteroatoms. The van der Waals surface area contributed by atoms with Crippen molar-refractivity contribution in [1.29, 1.82) is 0 Å². The normalized spacial score (nSPS) is 15.3. The molecule has 1 aliphatic rings. The van der Waals surface area contributed by atoms with Gasteiger partial charge in [0.05, 0.1) is 20.8 Å². The van der Waals surface area contributed by atoms with Gasteiger partial charge in [-0.05, 0) is 30.7 Å². The highest BCUT2D eigenvalue weighted by molar-refractivity contribution is 5.92. The topological polar surface area (TPSA) is 43.3 Å². The molecule has 3 aromatic carbocycles. The lowest BCUT2D eigenvalue weighted by Crippen LogP contribution is -2.31. The number of aliphatic imine (C=N–C) groups is 1. The van der Waals surface area contributed by atoms with Crippen molar-refractivity contribution in [2.75, 3.05) is 32.7 Å². The molecule has 0 bridgehead atoms. The number of benzene rings is 3. The van der Waals surface area contributed by atoms with E-state index in [2.05, 4.69) is 67.2 Å². The highest BCUT2D eigenvalue weighted by Crippen LogP contribution is 2.46. The van der Waals surface area contributed by atoms with Gasteiger partial charge in [0.2, 0.25) is 0 Å². The van der Waals surface area contributed by atoms with E-state index in [1.54, 1.807) is 14.2 Å². The predicted octanol–water partition coefficient (Wildman–Crippen LogP) is 5.32. The number of ether oxygens (including phenoxy) is 3. The van der Waals surface area contributed by atoms with Gasteiger partial charge < -0.3 is 19.1 Å². The Labute approximate surface area is 171 Å². The molecular formula is C24H26N2O3. The Balaban J connectivity index is 1.99. The van der Waals surface area contributed by atoms with Gasteiger partial charge in [0.25, 0.3) is 0 Å². The second kappa shape index (κ2) is 7.32. The second-order valence-electron chi connectivity index (χ2n) is 7.66. The lowest BCUT2D eigenvalue weighted by atomic mass is 9.89. The fraction of sp³-hybridized carbons (Fsp3) is 0.292. The van der Waals surface area contributed by atoms with Gasteiger partial charge in [-0.3, -0.25) is 4.99 Å². The Morgan fingerprint density at radius 3 is 2.59 bits per heavy atom. The number of hydrogen-bond donors (Lipinski definition) is 0. The zero-order valence-electron chi connectivity index (χ0n) is 17.5. The Bertz CT molecular complexity index is 1090. The van der Waals surface area contributed by atoms with Crippen LogP contribution in [-0.4, -0.2) is 34.0 Å². The van der Waals surface area contributed by atoms with Crippen LogP contribution in [0.5, 0.6) is 17.2 Å². The third-order valence-corrected chi connectivity index (χ3v) is 5.33. The fourth-order valence-corrected chi connectivity index (χ4v) is 3.93. The molecule has 0 N–H and O–H groups in total. The average Bonchev–Trinajstić information content (AvgIpc) is 2.72. The predicted molar refractivity (Wildman–Crippen MR) is 119 cm³/mol. The van der Waals surface area contributed by atoms with Gasteiger partial charge in [-0.25, -0.2) is 0 Å².